The lowest BCUT2D eigenvalue weighted by Gasteiger charge is -2.27. The molecule has 14 heavy (non-hydrogen) atoms. The lowest BCUT2D eigenvalue weighted by Crippen LogP contribution is -2.43. The standard InChI is InChI=1S/C9H15NO3S/c1-7(14(2)13)6-10-4-3-8(11)5-9(10)12/h7H,3-6H2,1-2H3. The van der Waals surface area contributed by atoms with Crippen molar-refractivity contribution in [1.82, 2.24) is 4.90 Å². The predicted octanol–water partition coefficient (Wildman–Crippen LogP) is -0.0551. The summed E-state index contributed by atoms with van der Waals surface area (Å²) in [7, 11) is -0.915. The van der Waals surface area contributed by atoms with Gasteiger partial charge in [-0.05, 0) is 6.92 Å². The number of Topliss-reactive ketones (excluding diaryl/α,β-unsaturated/α-hetero) is 1. The third-order valence-corrected chi connectivity index (χ3v) is 3.69. The van der Waals surface area contributed by atoms with Crippen LogP contribution in [0.1, 0.15) is 19.8 Å². The minimum atomic E-state index is -0.915. The molecule has 2 atom stereocenters. The molecule has 0 aromatic heterocycles. The third kappa shape index (κ3) is 2.90. The summed E-state index contributed by atoms with van der Waals surface area (Å²) in [5.41, 5.74) is 0. The number of hydrogen-bond donors (Lipinski definition) is 0. The molecule has 1 amide bonds. The van der Waals surface area contributed by atoms with Crippen molar-refractivity contribution < 1.29 is 13.8 Å². The van der Waals surface area contributed by atoms with Crippen LogP contribution in [0.25, 0.3) is 0 Å². The maximum atomic E-state index is 11.4. The van der Waals surface area contributed by atoms with Crippen molar-refractivity contribution in [2.24, 2.45) is 0 Å². The van der Waals surface area contributed by atoms with Crippen LogP contribution in [-0.4, -0.2) is 45.4 Å². The number of ketones is 1. The molecule has 1 aliphatic heterocycles. The molecule has 0 saturated carbocycles. The molecular weight excluding hydrogens is 202 g/mol. The monoisotopic (exact) mass is 217 g/mol. The van der Waals surface area contributed by atoms with Gasteiger partial charge < -0.3 is 4.90 Å². The van der Waals surface area contributed by atoms with Crippen LogP contribution >= 0.6 is 0 Å². The molecule has 1 heterocycles. The Morgan fingerprint density at radius 3 is 2.64 bits per heavy atom. The van der Waals surface area contributed by atoms with E-state index < -0.39 is 10.8 Å². The fourth-order valence-corrected chi connectivity index (χ4v) is 1.75. The van der Waals surface area contributed by atoms with Gasteiger partial charge in [0.05, 0.1) is 6.42 Å². The van der Waals surface area contributed by atoms with Crippen molar-refractivity contribution in [3.63, 3.8) is 0 Å². The minimum absolute atomic E-state index is 0.0107. The molecule has 1 saturated heterocycles. The molecule has 0 radical (unpaired) electrons. The van der Waals surface area contributed by atoms with Gasteiger partial charge in [-0.2, -0.15) is 0 Å². The number of amides is 1. The molecule has 1 rings (SSSR count). The molecular formula is C9H15NO3S. The Kier molecular flexibility index (Phi) is 3.80. The first kappa shape index (κ1) is 11.4. The molecule has 1 aliphatic rings. The largest absolute Gasteiger partial charge is 0.341 e. The van der Waals surface area contributed by atoms with Crippen LogP contribution in [0.5, 0.6) is 0 Å². The minimum Gasteiger partial charge on any atom is -0.341 e. The Labute approximate surface area is 86.1 Å². The van der Waals surface area contributed by atoms with Crippen LogP contribution in [0.15, 0.2) is 0 Å². The molecule has 5 heteroatoms. The normalized spacial score (nSPS) is 22.3. The Bertz CT molecular complexity index is 277. The first-order valence-electron chi connectivity index (χ1n) is 4.62. The molecule has 0 spiro atoms. The average Bonchev–Trinajstić information content (AvgIpc) is 2.09. The summed E-state index contributed by atoms with van der Waals surface area (Å²) in [5.74, 6) is -0.116. The van der Waals surface area contributed by atoms with E-state index in [-0.39, 0.29) is 23.4 Å². The van der Waals surface area contributed by atoms with Gasteiger partial charge in [0, 0.05) is 41.8 Å². The summed E-state index contributed by atoms with van der Waals surface area (Å²) in [6.45, 7) is 2.83. The number of hydrogen-bond acceptors (Lipinski definition) is 3. The zero-order valence-corrected chi connectivity index (χ0v) is 9.30. The number of rotatable bonds is 3. The van der Waals surface area contributed by atoms with Gasteiger partial charge in [-0.1, -0.05) is 0 Å². The molecule has 0 aromatic carbocycles. The highest BCUT2D eigenvalue weighted by atomic mass is 32.2. The molecule has 4 nitrogen and oxygen atoms in total. The van der Waals surface area contributed by atoms with Gasteiger partial charge in [0.15, 0.2) is 0 Å². The van der Waals surface area contributed by atoms with Crippen LogP contribution in [0.3, 0.4) is 0 Å². The summed E-state index contributed by atoms with van der Waals surface area (Å²) in [6, 6.07) is 0. The van der Waals surface area contributed by atoms with Crippen LogP contribution in [0, 0.1) is 0 Å². The number of piperidine rings is 1. The molecule has 80 valence electrons. The third-order valence-electron chi connectivity index (χ3n) is 2.41. The van der Waals surface area contributed by atoms with E-state index in [0.29, 0.717) is 19.5 Å². The van der Waals surface area contributed by atoms with E-state index >= 15 is 0 Å². The van der Waals surface area contributed by atoms with Gasteiger partial charge in [-0.25, -0.2) is 0 Å². The summed E-state index contributed by atoms with van der Waals surface area (Å²) >= 11 is 0. The lowest BCUT2D eigenvalue weighted by molar-refractivity contribution is -0.139. The number of likely N-dealkylation sites (tertiary alicyclic amines) is 1. The topological polar surface area (TPSA) is 54.5 Å². The Balaban J connectivity index is 2.49. The number of carbonyl (C=O) groups is 2. The Hall–Kier alpha value is -0.710. The smallest absolute Gasteiger partial charge is 0.230 e. The summed E-state index contributed by atoms with van der Waals surface area (Å²) in [4.78, 5) is 23.9. The highest BCUT2D eigenvalue weighted by Gasteiger charge is 2.25. The quantitative estimate of drug-likeness (QED) is 0.623. The van der Waals surface area contributed by atoms with Crippen LogP contribution < -0.4 is 0 Å². The van der Waals surface area contributed by atoms with E-state index in [1.54, 1.807) is 11.2 Å². The van der Waals surface area contributed by atoms with Crippen molar-refractivity contribution in [3.05, 3.63) is 0 Å². The fourth-order valence-electron chi connectivity index (χ4n) is 1.36. The van der Waals surface area contributed by atoms with Gasteiger partial charge >= 0.3 is 0 Å². The highest BCUT2D eigenvalue weighted by molar-refractivity contribution is 7.84. The molecule has 0 N–H and O–H groups in total. The molecule has 0 aliphatic carbocycles. The Morgan fingerprint density at radius 1 is 1.50 bits per heavy atom. The lowest BCUT2D eigenvalue weighted by atomic mass is 10.1. The van der Waals surface area contributed by atoms with Crippen LogP contribution in [-0.2, 0) is 20.4 Å². The van der Waals surface area contributed by atoms with Gasteiger partial charge in [-0.3, -0.25) is 13.8 Å². The van der Waals surface area contributed by atoms with E-state index in [0.717, 1.165) is 0 Å². The van der Waals surface area contributed by atoms with Gasteiger partial charge in [0.1, 0.15) is 5.78 Å². The van der Waals surface area contributed by atoms with Gasteiger partial charge in [0.2, 0.25) is 5.91 Å². The maximum absolute atomic E-state index is 11.4. The van der Waals surface area contributed by atoms with E-state index in [1.807, 2.05) is 6.92 Å². The summed E-state index contributed by atoms with van der Waals surface area (Å²) in [6.07, 6.45) is 2.09. The van der Waals surface area contributed by atoms with Crippen molar-refractivity contribution in [3.8, 4) is 0 Å². The zero-order valence-electron chi connectivity index (χ0n) is 8.49. The van der Waals surface area contributed by atoms with E-state index in [9.17, 15) is 13.8 Å². The first-order chi connectivity index (χ1) is 6.50. The number of carbonyl (C=O) groups excluding carboxylic acids is 2. The van der Waals surface area contributed by atoms with E-state index in [2.05, 4.69) is 0 Å². The van der Waals surface area contributed by atoms with Crippen molar-refractivity contribution >= 4 is 22.5 Å². The predicted molar refractivity (Wildman–Crippen MR) is 54.3 cm³/mol. The van der Waals surface area contributed by atoms with Crippen molar-refractivity contribution in [2.75, 3.05) is 19.3 Å². The fraction of sp³-hybridized carbons (Fsp3) is 0.778. The van der Waals surface area contributed by atoms with Crippen LogP contribution in [0.4, 0.5) is 0 Å². The SMILES string of the molecule is CC(CN1CCC(=O)CC1=O)S(C)=O. The Morgan fingerprint density at radius 2 is 2.14 bits per heavy atom. The highest BCUT2D eigenvalue weighted by Crippen LogP contribution is 2.09. The van der Waals surface area contributed by atoms with E-state index in [1.165, 1.54) is 0 Å². The second-order valence-corrected chi connectivity index (χ2v) is 5.42. The maximum Gasteiger partial charge on any atom is 0.230 e. The van der Waals surface area contributed by atoms with Gasteiger partial charge in [-0.15, -0.1) is 0 Å². The molecule has 0 bridgehead atoms. The molecule has 0 aromatic rings. The summed E-state index contributed by atoms with van der Waals surface area (Å²) < 4.78 is 11.1. The van der Waals surface area contributed by atoms with Crippen molar-refractivity contribution in [2.45, 2.75) is 25.0 Å². The number of nitrogens with zero attached hydrogens (tertiary/aromatic N) is 1. The molecule has 1 fully saturated rings. The second kappa shape index (κ2) is 4.68. The second-order valence-electron chi connectivity index (χ2n) is 3.61. The summed E-state index contributed by atoms with van der Waals surface area (Å²) in [5, 5.41) is -0.0212. The van der Waals surface area contributed by atoms with Gasteiger partial charge in [0.25, 0.3) is 0 Å². The van der Waals surface area contributed by atoms with Crippen molar-refractivity contribution in [1.29, 1.82) is 0 Å². The van der Waals surface area contributed by atoms with Crippen LogP contribution in [0.2, 0.25) is 0 Å². The zero-order chi connectivity index (χ0) is 10.7. The average molecular weight is 217 g/mol. The van der Waals surface area contributed by atoms with E-state index in [4.69, 9.17) is 0 Å². The first-order valence-corrected chi connectivity index (χ1v) is 6.24. The molecule has 2 unspecified atom stereocenters.